The van der Waals surface area contributed by atoms with Crippen LogP contribution in [0, 0.1) is 0 Å². The lowest BCUT2D eigenvalue weighted by molar-refractivity contribution is 0.184. The molecule has 0 unspecified atom stereocenters. The SMILES string of the molecule is COCCn1c2c(c3ccccc31)CCN(C(=O)Nc1n[nH]c3ccccc13)C2. The number of hydrogen-bond acceptors (Lipinski definition) is 3. The van der Waals surface area contributed by atoms with Crippen molar-refractivity contribution in [2.45, 2.75) is 19.5 Å². The number of para-hydroxylation sites is 2. The zero-order chi connectivity index (χ0) is 19.8. The molecule has 0 spiro atoms. The number of carbonyl (C=O) groups is 1. The highest BCUT2D eigenvalue weighted by Gasteiger charge is 2.27. The van der Waals surface area contributed by atoms with E-state index in [1.165, 1.54) is 22.2 Å². The smallest absolute Gasteiger partial charge is 0.323 e. The predicted molar refractivity (Wildman–Crippen MR) is 113 cm³/mol. The van der Waals surface area contributed by atoms with E-state index in [1.54, 1.807) is 7.11 Å². The summed E-state index contributed by atoms with van der Waals surface area (Å²) in [5.41, 5.74) is 4.64. The molecule has 2 N–H and O–H groups in total. The summed E-state index contributed by atoms with van der Waals surface area (Å²) >= 11 is 0. The van der Waals surface area contributed by atoms with Crippen LogP contribution in [0.1, 0.15) is 11.3 Å². The van der Waals surface area contributed by atoms with Crippen LogP contribution in [0.2, 0.25) is 0 Å². The molecule has 5 rings (SSSR count). The highest BCUT2D eigenvalue weighted by Crippen LogP contribution is 2.31. The fourth-order valence-corrected chi connectivity index (χ4v) is 4.24. The summed E-state index contributed by atoms with van der Waals surface area (Å²) in [4.78, 5) is 14.8. The van der Waals surface area contributed by atoms with Gasteiger partial charge in [-0.2, -0.15) is 5.10 Å². The first kappa shape index (κ1) is 17.8. The standard InChI is InChI=1S/C22H23N5O2/c1-29-13-12-27-19-9-5-3-6-15(19)16-10-11-26(14-20(16)27)22(28)23-21-17-7-2-4-8-18(17)24-25-21/h2-9H,10-14H2,1H3,(H2,23,24,25,28). The van der Waals surface area contributed by atoms with Crippen LogP contribution in [0.4, 0.5) is 10.6 Å². The average Bonchev–Trinajstić information content (AvgIpc) is 3.31. The third-order valence-corrected chi connectivity index (χ3v) is 5.67. The quantitative estimate of drug-likeness (QED) is 0.558. The molecule has 0 saturated carbocycles. The van der Waals surface area contributed by atoms with Crippen LogP contribution in [-0.2, 0) is 24.2 Å². The Hall–Kier alpha value is -3.32. The Kier molecular flexibility index (Phi) is 4.44. The lowest BCUT2D eigenvalue weighted by Crippen LogP contribution is -2.39. The predicted octanol–water partition coefficient (Wildman–Crippen LogP) is 3.75. The van der Waals surface area contributed by atoms with Crippen molar-refractivity contribution in [2.75, 3.05) is 25.6 Å². The minimum absolute atomic E-state index is 0.128. The molecule has 4 aromatic rings. The first-order chi connectivity index (χ1) is 14.3. The van der Waals surface area contributed by atoms with Crippen LogP contribution in [0.3, 0.4) is 0 Å². The van der Waals surface area contributed by atoms with Crippen molar-refractivity contribution in [2.24, 2.45) is 0 Å². The van der Waals surface area contributed by atoms with Crippen LogP contribution in [0.5, 0.6) is 0 Å². The number of rotatable bonds is 4. The van der Waals surface area contributed by atoms with Crippen molar-refractivity contribution in [1.29, 1.82) is 0 Å². The number of carbonyl (C=O) groups excluding carboxylic acids is 1. The van der Waals surface area contributed by atoms with Gasteiger partial charge in [0, 0.05) is 42.2 Å². The largest absolute Gasteiger partial charge is 0.383 e. The number of fused-ring (bicyclic) bond motifs is 4. The molecule has 1 aliphatic rings. The Bertz CT molecular complexity index is 1190. The molecule has 0 fully saturated rings. The summed E-state index contributed by atoms with van der Waals surface area (Å²) in [5.74, 6) is 0.566. The van der Waals surface area contributed by atoms with Crippen molar-refractivity contribution >= 4 is 33.7 Å². The number of benzene rings is 2. The summed E-state index contributed by atoms with van der Waals surface area (Å²) in [6, 6.07) is 16.1. The number of nitrogens with zero attached hydrogens (tertiary/aromatic N) is 3. The van der Waals surface area contributed by atoms with Gasteiger partial charge in [-0.15, -0.1) is 0 Å². The minimum Gasteiger partial charge on any atom is -0.383 e. The van der Waals surface area contributed by atoms with E-state index < -0.39 is 0 Å². The van der Waals surface area contributed by atoms with Gasteiger partial charge in [-0.25, -0.2) is 4.79 Å². The molecule has 0 saturated heterocycles. The van der Waals surface area contributed by atoms with Crippen molar-refractivity contribution in [1.82, 2.24) is 19.7 Å². The number of aromatic amines is 1. The Morgan fingerprint density at radius 1 is 1.17 bits per heavy atom. The Balaban J connectivity index is 1.43. The number of amides is 2. The summed E-state index contributed by atoms with van der Waals surface area (Å²) in [7, 11) is 1.71. The van der Waals surface area contributed by atoms with E-state index in [-0.39, 0.29) is 6.03 Å². The topological polar surface area (TPSA) is 75.2 Å². The van der Waals surface area contributed by atoms with Crippen molar-refractivity contribution < 1.29 is 9.53 Å². The zero-order valence-corrected chi connectivity index (χ0v) is 16.3. The maximum Gasteiger partial charge on any atom is 0.323 e. The van der Waals surface area contributed by atoms with Crippen LogP contribution < -0.4 is 5.32 Å². The molecule has 0 atom stereocenters. The van der Waals surface area contributed by atoms with Gasteiger partial charge in [-0.1, -0.05) is 30.3 Å². The first-order valence-electron chi connectivity index (χ1n) is 9.83. The minimum atomic E-state index is -0.128. The highest BCUT2D eigenvalue weighted by molar-refractivity contribution is 5.99. The number of aromatic nitrogens is 3. The lowest BCUT2D eigenvalue weighted by atomic mass is 10.0. The van der Waals surface area contributed by atoms with Crippen molar-refractivity contribution in [3.8, 4) is 0 Å². The molecule has 7 nitrogen and oxygen atoms in total. The van der Waals surface area contributed by atoms with Gasteiger partial charge < -0.3 is 14.2 Å². The molecule has 0 bridgehead atoms. The van der Waals surface area contributed by atoms with Crippen molar-refractivity contribution in [3.05, 3.63) is 59.8 Å². The third-order valence-electron chi connectivity index (χ3n) is 5.67. The van der Waals surface area contributed by atoms with E-state index >= 15 is 0 Å². The molecule has 0 aliphatic carbocycles. The van der Waals surface area contributed by atoms with E-state index in [1.807, 2.05) is 29.2 Å². The molecule has 1 aliphatic heterocycles. The molecule has 2 aromatic carbocycles. The van der Waals surface area contributed by atoms with Gasteiger partial charge in [0.15, 0.2) is 5.82 Å². The Morgan fingerprint density at radius 3 is 2.83 bits per heavy atom. The second kappa shape index (κ2) is 7.25. The molecular formula is C22H23N5O2. The van der Waals surface area contributed by atoms with E-state index in [0.717, 1.165) is 23.9 Å². The number of urea groups is 1. The second-order valence-electron chi connectivity index (χ2n) is 7.31. The summed E-state index contributed by atoms with van der Waals surface area (Å²) < 4.78 is 7.60. The second-order valence-corrected chi connectivity index (χ2v) is 7.31. The fourth-order valence-electron chi connectivity index (χ4n) is 4.24. The summed E-state index contributed by atoms with van der Waals surface area (Å²) in [6.07, 6.45) is 0.838. The monoisotopic (exact) mass is 389 g/mol. The number of H-pyrrole nitrogens is 1. The molecule has 7 heteroatoms. The van der Waals surface area contributed by atoms with Gasteiger partial charge >= 0.3 is 6.03 Å². The molecule has 0 radical (unpaired) electrons. The molecule has 2 aromatic heterocycles. The Labute approximate surface area is 168 Å². The zero-order valence-electron chi connectivity index (χ0n) is 16.3. The summed E-state index contributed by atoms with van der Waals surface area (Å²) in [6.45, 7) is 2.66. The van der Waals surface area contributed by atoms with Crippen LogP contribution in [0.25, 0.3) is 21.8 Å². The van der Waals surface area contributed by atoms with Gasteiger partial charge in [0.1, 0.15) is 0 Å². The van der Waals surface area contributed by atoms with Crippen molar-refractivity contribution in [3.63, 3.8) is 0 Å². The van der Waals surface area contributed by atoms with Gasteiger partial charge in [0.2, 0.25) is 0 Å². The molecular weight excluding hydrogens is 366 g/mol. The average molecular weight is 389 g/mol. The normalized spacial score (nSPS) is 13.8. The number of hydrogen-bond donors (Lipinski definition) is 2. The van der Waals surface area contributed by atoms with E-state index in [0.29, 0.717) is 25.5 Å². The van der Waals surface area contributed by atoms with Crippen LogP contribution in [-0.4, -0.2) is 46.0 Å². The van der Waals surface area contributed by atoms with E-state index in [2.05, 4.69) is 44.3 Å². The molecule has 29 heavy (non-hydrogen) atoms. The lowest BCUT2D eigenvalue weighted by Gasteiger charge is -2.28. The number of ether oxygens (including phenoxy) is 1. The van der Waals surface area contributed by atoms with Gasteiger partial charge in [0.05, 0.1) is 18.7 Å². The highest BCUT2D eigenvalue weighted by atomic mass is 16.5. The van der Waals surface area contributed by atoms with E-state index in [4.69, 9.17) is 4.74 Å². The molecule has 148 valence electrons. The third kappa shape index (κ3) is 3.03. The number of methoxy groups -OCH3 is 1. The van der Waals surface area contributed by atoms with Gasteiger partial charge in [-0.3, -0.25) is 10.4 Å². The summed E-state index contributed by atoms with van der Waals surface area (Å²) in [5, 5.41) is 12.4. The van der Waals surface area contributed by atoms with Gasteiger partial charge in [-0.05, 0) is 30.2 Å². The van der Waals surface area contributed by atoms with Crippen LogP contribution >= 0.6 is 0 Å². The maximum absolute atomic E-state index is 13.0. The Morgan fingerprint density at radius 2 is 1.97 bits per heavy atom. The number of nitrogens with one attached hydrogen (secondary N) is 2. The molecule has 2 amide bonds. The van der Waals surface area contributed by atoms with Gasteiger partial charge in [0.25, 0.3) is 0 Å². The number of anilines is 1. The first-order valence-corrected chi connectivity index (χ1v) is 9.83. The van der Waals surface area contributed by atoms with E-state index in [9.17, 15) is 4.79 Å². The molecule has 3 heterocycles. The van der Waals surface area contributed by atoms with Crippen LogP contribution in [0.15, 0.2) is 48.5 Å². The maximum atomic E-state index is 13.0. The fraction of sp³-hybridized carbons (Fsp3) is 0.273.